The molecule has 0 bridgehead atoms. The molecule has 1 aromatic heterocycles. The zero-order chi connectivity index (χ0) is 7.84. The Morgan fingerprint density at radius 2 is 2.27 bits per heavy atom. The summed E-state index contributed by atoms with van der Waals surface area (Å²) in [6.45, 7) is 6.25. The minimum Gasteiger partial charge on any atom is -0.145 e. The number of thiophene rings is 1. The van der Waals surface area contributed by atoms with E-state index in [0.717, 1.165) is 0 Å². The molecule has 0 aromatic carbocycles. The lowest BCUT2D eigenvalue weighted by molar-refractivity contribution is 0.839. The average molecular weight is 164 g/mol. The number of aryl methyl sites for hydroxylation is 2. The molecule has 1 heterocycles. The molecule has 0 N–H and O–H groups in total. The molecule has 0 unspecified atom stereocenters. The topological polar surface area (TPSA) is 0 Å². The van der Waals surface area contributed by atoms with Gasteiger partial charge in [0, 0.05) is 9.75 Å². The number of hydrogen-bond donors (Lipinski definition) is 0. The van der Waals surface area contributed by atoms with Crippen LogP contribution in [0.15, 0.2) is 12.6 Å². The van der Waals surface area contributed by atoms with E-state index in [-0.39, 0.29) is 0 Å². The second-order valence-electron chi connectivity index (χ2n) is 3.15. The van der Waals surface area contributed by atoms with Crippen molar-refractivity contribution in [2.24, 2.45) is 0 Å². The summed E-state index contributed by atoms with van der Waals surface area (Å²) in [5, 5.41) is 0. The highest BCUT2D eigenvalue weighted by Gasteiger charge is 2.14. The Morgan fingerprint density at radius 1 is 1.45 bits per heavy atom. The monoisotopic (exact) mass is 164 g/mol. The molecular weight excluding hydrogens is 152 g/mol. The third-order valence-corrected chi connectivity index (χ3v) is 3.31. The summed E-state index contributed by atoms with van der Waals surface area (Å²) < 4.78 is 0. The first-order chi connectivity index (χ1) is 5.27. The Bertz CT molecular complexity index is 294. The van der Waals surface area contributed by atoms with Gasteiger partial charge in [-0.25, -0.2) is 0 Å². The molecule has 0 aliphatic heterocycles. The summed E-state index contributed by atoms with van der Waals surface area (Å²) in [7, 11) is 0. The fourth-order valence-electron chi connectivity index (χ4n) is 1.64. The van der Waals surface area contributed by atoms with Gasteiger partial charge in [-0.15, -0.1) is 11.3 Å². The summed E-state index contributed by atoms with van der Waals surface area (Å²) in [4.78, 5) is 2.98. The SMILES string of the molecule is C=C1CCCc2sc(C)cc21. The molecule has 0 nitrogen and oxygen atoms in total. The summed E-state index contributed by atoms with van der Waals surface area (Å²) in [6, 6.07) is 2.28. The van der Waals surface area contributed by atoms with Crippen molar-refractivity contribution in [3.63, 3.8) is 0 Å². The van der Waals surface area contributed by atoms with E-state index in [9.17, 15) is 0 Å². The highest BCUT2D eigenvalue weighted by molar-refractivity contribution is 7.12. The molecule has 0 atom stereocenters. The van der Waals surface area contributed by atoms with Gasteiger partial charge in [-0.3, -0.25) is 0 Å². The van der Waals surface area contributed by atoms with Crippen LogP contribution in [0.2, 0.25) is 0 Å². The van der Waals surface area contributed by atoms with Crippen molar-refractivity contribution in [3.05, 3.63) is 28.0 Å². The molecule has 1 aromatic rings. The molecule has 11 heavy (non-hydrogen) atoms. The van der Waals surface area contributed by atoms with Crippen LogP contribution >= 0.6 is 11.3 Å². The normalized spacial score (nSPS) is 16.6. The molecule has 0 saturated carbocycles. The van der Waals surface area contributed by atoms with E-state index < -0.39 is 0 Å². The molecule has 1 heteroatoms. The van der Waals surface area contributed by atoms with E-state index in [0.29, 0.717) is 0 Å². The molecule has 0 fully saturated rings. The van der Waals surface area contributed by atoms with Crippen LogP contribution in [0, 0.1) is 6.92 Å². The molecule has 58 valence electrons. The van der Waals surface area contributed by atoms with Crippen LogP contribution in [-0.4, -0.2) is 0 Å². The highest BCUT2D eigenvalue weighted by atomic mass is 32.1. The van der Waals surface area contributed by atoms with Crippen molar-refractivity contribution in [1.29, 1.82) is 0 Å². The second kappa shape index (κ2) is 2.49. The van der Waals surface area contributed by atoms with Crippen LogP contribution in [0.5, 0.6) is 0 Å². The Hall–Kier alpha value is -0.560. The molecule has 1 aliphatic rings. The standard InChI is InChI=1S/C10H12S/c1-7-4-3-5-10-9(7)6-8(2)11-10/h6H,1,3-5H2,2H3. The zero-order valence-electron chi connectivity index (χ0n) is 6.81. The van der Waals surface area contributed by atoms with Crippen molar-refractivity contribution < 1.29 is 0 Å². The molecule has 0 saturated heterocycles. The van der Waals surface area contributed by atoms with Gasteiger partial charge in [0.15, 0.2) is 0 Å². The summed E-state index contributed by atoms with van der Waals surface area (Å²) in [5.74, 6) is 0. The maximum Gasteiger partial charge on any atom is 0.0123 e. The Labute approximate surface area is 71.6 Å². The highest BCUT2D eigenvalue weighted by Crippen LogP contribution is 2.34. The largest absolute Gasteiger partial charge is 0.145 e. The van der Waals surface area contributed by atoms with Gasteiger partial charge in [0.25, 0.3) is 0 Å². The first kappa shape index (κ1) is 7.11. The van der Waals surface area contributed by atoms with Crippen molar-refractivity contribution in [1.82, 2.24) is 0 Å². The van der Waals surface area contributed by atoms with Crippen LogP contribution in [-0.2, 0) is 6.42 Å². The maximum atomic E-state index is 4.08. The minimum atomic E-state index is 1.20. The van der Waals surface area contributed by atoms with E-state index in [1.165, 1.54) is 35.3 Å². The fourth-order valence-corrected chi connectivity index (χ4v) is 2.77. The molecule has 0 amide bonds. The number of rotatable bonds is 0. The lowest BCUT2D eigenvalue weighted by Gasteiger charge is -2.12. The second-order valence-corrected chi connectivity index (χ2v) is 4.49. The van der Waals surface area contributed by atoms with Crippen molar-refractivity contribution in [2.75, 3.05) is 0 Å². The Kier molecular flexibility index (Phi) is 1.61. The Balaban J connectivity index is 2.52. The van der Waals surface area contributed by atoms with Gasteiger partial charge in [-0.1, -0.05) is 6.58 Å². The molecule has 2 rings (SSSR count). The quantitative estimate of drug-likeness (QED) is 0.551. The van der Waals surface area contributed by atoms with Gasteiger partial charge in [0.2, 0.25) is 0 Å². The van der Waals surface area contributed by atoms with Crippen molar-refractivity contribution in [3.8, 4) is 0 Å². The third-order valence-electron chi connectivity index (χ3n) is 2.20. The van der Waals surface area contributed by atoms with E-state index in [1.54, 1.807) is 4.88 Å². The number of hydrogen-bond acceptors (Lipinski definition) is 1. The van der Waals surface area contributed by atoms with Crippen LogP contribution in [0.3, 0.4) is 0 Å². The molecule has 1 aliphatic carbocycles. The Morgan fingerprint density at radius 3 is 3.00 bits per heavy atom. The average Bonchev–Trinajstić information content (AvgIpc) is 2.31. The number of fused-ring (bicyclic) bond motifs is 1. The maximum absolute atomic E-state index is 4.08. The predicted molar refractivity (Wildman–Crippen MR) is 51.0 cm³/mol. The smallest absolute Gasteiger partial charge is 0.0123 e. The van der Waals surface area contributed by atoms with Crippen LogP contribution in [0.25, 0.3) is 5.57 Å². The van der Waals surface area contributed by atoms with E-state index in [4.69, 9.17) is 0 Å². The van der Waals surface area contributed by atoms with E-state index >= 15 is 0 Å². The van der Waals surface area contributed by atoms with Gasteiger partial charge in [0.1, 0.15) is 0 Å². The number of allylic oxidation sites excluding steroid dienone is 1. The summed E-state index contributed by atoms with van der Waals surface area (Å²) >= 11 is 1.93. The minimum absolute atomic E-state index is 1.20. The zero-order valence-corrected chi connectivity index (χ0v) is 7.63. The summed E-state index contributed by atoms with van der Waals surface area (Å²) in [5.41, 5.74) is 2.79. The fraction of sp³-hybridized carbons (Fsp3) is 0.400. The van der Waals surface area contributed by atoms with E-state index in [1.807, 2.05) is 11.3 Å². The van der Waals surface area contributed by atoms with Gasteiger partial charge < -0.3 is 0 Å². The summed E-state index contributed by atoms with van der Waals surface area (Å²) in [6.07, 6.45) is 3.77. The van der Waals surface area contributed by atoms with E-state index in [2.05, 4.69) is 19.6 Å². The lowest BCUT2D eigenvalue weighted by atomic mass is 9.95. The van der Waals surface area contributed by atoms with Crippen molar-refractivity contribution >= 4 is 16.9 Å². The lowest BCUT2D eigenvalue weighted by Crippen LogP contribution is -1.95. The van der Waals surface area contributed by atoms with Crippen LogP contribution < -0.4 is 0 Å². The molecular formula is C10H12S. The first-order valence-electron chi connectivity index (χ1n) is 4.05. The predicted octanol–water partition coefficient (Wildman–Crippen LogP) is 3.41. The van der Waals surface area contributed by atoms with Crippen LogP contribution in [0.1, 0.15) is 28.2 Å². The third kappa shape index (κ3) is 1.14. The van der Waals surface area contributed by atoms with Gasteiger partial charge in [-0.05, 0) is 43.4 Å². The molecule has 0 spiro atoms. The van der Waals surface area contributed by atoms with Gasteiger partial charge >= 0.3 is 0 Å². The first-order valence-corrected chi connectivity index (χ1v) is 4.86. The van der Waals surface area contributed by atoms with Gasteiger partial charge in [-0.2, -0.15) is 0 Å². The molecule has 0 radical (unpaired) electrons. The van der Waals surface area contributed by atoms with Gasteiger partial charge in [0.05, 0.1) is 0 Å². The van der Waals surface area contributed by atoms with Crippen LogP contribution in [0.4, 0.5) is 0 Å². The van der Waals surface area contributed by atoms with Crippen molar-refractivity contribution in [2.45, 2.75) is 26.2 Å².